The Balaban J connectivity index is 2.18. The maximum atomic E-state index is 11.2. The van der Waals surface area contributed by atoms with Gasteiger partial charge in [0.25, 0.3) is 0 Å². The molecule has 76 valence electrons. The molecule has 5 nitrogen and oxygen atoms in total. The molecule has 1 aromatic rings. The van der Waals surface area contributed by atoms with Crippen molar-refractivity contribution >= 4 is 6.03 Å². The number of primary amides is 1. The summed E-state index contributed by atoms with van der Waals surface area (Å²) in [6, 6.07) is -0.316. The lowest BCUT2D eigenvalue weighted by molar-refractivity contribution is 0.159. The zero-order valence-corrected chi connectivity index (χ0v) is 7.85. The van der Waals surface area contributed by atoms with Crippen LogP contribution in [0.1, 0.15) is 30.9 Å². The van der Waals surface area contributed by atoms with E-state index in [1.165, 1.54) is 0 Å². The smallest absolute Gasteiger partial charge is 0.315 e. The molecular formula is C9H13N3O2. The van der Waals surface area contributed by atoms with Gasteiger partial charge in [0, 0.05) is 12.1 Å². The summed E-state index contributed by atoms with van der Waals surface area (Å²) in [4.78, 5) is 12.8. The highest BCUT2D eigenvalue weighted by Crippen LogP contribution is 2.29. The molecule has 2 heterocycles. The Hall–Kier alpha value is -1.52. The van der Waals surface area contributed by atoms with E-state index in [1.807, 2.05) is 0 Å². The van der Waals surface area contributed by atoms with Crippen LogP contribution < -0.4 is 5.73 Å². The van der Waals surface area contributed by atoms with E-state index in [1.54, 1.807) is 17.4 Å². The molecule has 14 heavy (non-hydrogen) atoms. The van der Waals surface area contributed by atoms with Gasteiger partial charge in [-0.1, -0.05) is 5.16 Å². The van der Waals surface area contributed by atoms with Crippen molar-refractivity contribution in [1.82, 2.24) is 10.1 Å². The molecule has 0 bridgehead atoms. The summed E-state index contributed by atoms with van der Waals surface area (Å²) in [5, 5.41) is 3.64. The minimum atomic E-state index is -0.365. The second-order valence-electron chi connectivity index (χ2n) is 3.50. The van der Waals surface area contributed by atoms with Gasteiger partial charge in [0.1, 0.15) is 6.26 Å². The molecule has 2 N–H and O–H groups in total. The highest BCUT2D eigenvalue weighted by atomic mass is 16.5. The van der Waals surface area contributed by atoms with E-state index in [9.17, 15) is 4.79 Å². The van der Waals surface area contributed by atoms with Gasteiger partial charge in [0.05, 0.1) is 12.2 Å². The first kappa shape index (κ1) is 9.05. The first-order valence-corrected chi connectivity index (χ1v) is 4.74. The molecule has 0 radical (unpaired) electrons. The molecule has 0 aliphatic carbocycles. The fraction of sp³-hybridized carbons (Fsp3) is 0.556. The minimum Gasteiger partial charge on any atom is -0.364 e. The van der Waals surface area contributed by atoms with Crippen LogP contribution in [-0.4, -0.2) is 22.6 Å². The van der Waals surface area contributed by atoms with E-state index in [2.05, 4.69) is 5.16 Å². The van der Waals surface area contributed by atoms with Crippen molar-refractivity contribution in [2.24, 2.45) is 5.73 Å². The van der Waals surface area contributed by atoms with Crippen LogP contribution >= 0.6 is 0 Å². The summed E-state index contributed by atoms with van der Waals surface area (Å²) in [5.74, 6) is 0. The SMILES string of the molecule is NC(=O)N1CCCCC1c1cnoc1. The number of rotatable bonds is 1. The Bertz CT molecular complexity index is 310. The molecule has 1 unspecified atom stereocenters. The second kappa shape index (κ2) is 3.69. The van der Waals surface area contributed by atoms with Crippen LogP contribution in [0.2, 0.25) is 0 Å². The van der Waals surface area contributed by atoms with Crippen molar-refractivity contribution in [3.8, 4) is 0 Å². The zero-order valence-electron chi connectivity index (χ0n) is 7.85. The number of carbonyl (C=O) groups excluding carboxylic acids is 1. The predicted molar refractivity (Wildman–Crippen MR) is 49.4 cm³/mol. The maximum Gasteiger partial charge on any atom is 0.315 e. The van der Waals surface area contributed by atoms with E-state index in [0.717, 1.165) is 31.4 Å². The van der Waals surface area contributed by atoms with Gasteiger partial charge < -0.3 is 15.2 Å². The lowest BCUT2D eigenvalue weighted by atomic mass is 9.98. The molecule has 2 amide bonds. The molecule has 1 aliphatic heterocycles. The first-order valence-electron chi connectivity index (χ1n) is 4.74. The van der Waals surface area contributed by atoms with Crippen LogP contribution in [-0.2, 0) is 0 Å². The topological polar surface area (TPSA) is 72.4 Å². The number of likely N-dealkylation sites (tertiary alicyclic amines) is 1. The summed E-state index contributed by atoms with van der Waals surface area (Å²) >= 11 is 0. The molecular weight excluding hydrogens is 182 g/mol. The number of carbonyl (C=O) groups is 1. The first-order chi connectivity index (χ1) is 6.79. The van der Waals surface area contributed by atoms with E-state index < -0.39 is 0 Å². The number of nitrogens with two attached hydrogens (primary N) is 1. The Morgan fingerprint density at radius 1 is 1.64 bits per heavy atom. The fourth-order valence-electron chi connectivity index (χ4n) is 1.92. The molecule has 2 rings (SSSR count). The average molecular weight is 195 g/mol. The molecule has 1 aromatic heterocycles. The number of nitrogens with zero attached hydrogens (tertiary/aromatic N) is 2. The van der Waals surface area contributed by atoms with Crippen molar-refractivity contribution in [3.63, 3.8) is 0 Å². The minimum absolute atomic E-state index is 0.0486. The third-order valence-electron chi connectivity index (χ3n) is 2.62. The van der Waals surface area contributed by atoms with E-state index in [4.69, 9.17) is 10.3 Å². The van der Waals surface area contributed by atoms with Crippen LogP contribution in [0.5, 0.6) is 0 Å². The number of hydrogen-bond acceptors (Lipinski definition) is 3. The van der Waals surface area contributed by atoms with Gasteiger partial charge in [0.15, 0.2) is 0 Å². The van der Waals surface area contributed by atoms with Gasteiger partial charge in [-0.05, 0) is 19.3 Å². The van der Waals surface area contributed by atoms with Gasteiger partial charge in [0.2, 0.25) is 0 Å². The lowest BCUT2D eigenvalue weighted by Crippen LogP contribution is -2.41. The van der Waals surface area contributed by atoms with E-state index in [0.29, 0.717) is 0 Å². The number of piperidine rings is 1. The standard InChI is InChI=1S/C9H13N3O2/c10-9(13)12-4-2-1-3-8(12)7-5-11-14-6-7/h5-6,8H,1-4H2,(H2,10,13). The van der Waals surface area contributed by atoms with Gasteiger partial charge in [-0.25, -0.2) is 4.79 Å². The fourth-order valence-corrected chi connectivity index (χ4v) is 1.92. The molecule has 5 heteroatoms. The molecule has 1 fully saturated rings. The number of hydrogen-bond donors (Lipinski definition) is 1. The normalized spacial score (nSPS) is 22.3. The van der Waals surface area contributed by atoms with Gasteiger partial charge >= 0.3 is 6.03 Å². The summed E-state index contributed by atoms with van der Waals surface area (Å²) in [7, 11) is 0. The zero-order chi connectivity index (χ0) is 9.97. The largest absolute Gasteiger partial charge is 0.364 e. The van der Waals surface area contributed by atoms with Crippen LogP contribution in [0.25, 0.3) is 0 Å². The predicted octanol–water partition coefficient (Wildman–Crippen LogP) is 1.28. The molecule has 1 aliphatic rings. The maximum absolute atomic E-state index is 11.2. The number of aromatic nitrogens is 1. The molecule has 0 spiro atoms. The van der Waals surface area contributed by atoms with Gasteiger partial charge in [-0.3, -0.25) is 0 Å². The average Bonchev–Trinajstić information content (AvgIpc) is 2.70. The van der Waals surface area contributed by atoms with Crippen LogP contribution in [0.4, 0.5) is 4.79 Å². The molecule has 0 saturated carbocycles. The third-order valence-corrected chi connectivity index (χ3v) is 2.62. The van der Waals surface area contributed by atoms with Crippen LogP contribution in [0.15, 0.2) is 17.0 Å². The van der Waals surface area contributed by atoms with Gasteiger partial charge in [-0.2, -0.15) is 0 Å². The Morgan fingerprint density at radius 3 is 3.14 bits per heavy atom. The van der Waals surface area contributed by atoms with Crippen LogP contribution in [0.3, 0.4) is 0 Å². The van der Waals surface area contributed by atoms with E-state index >= 15 is 0 Å². The lowest BCUT2D eigenvalue weighted by Gasteiger charge is -2.33. The van der Waals surface area contributed by atoms with Crippen molar-refractivity contribution in [2.45, 2.75) is 25.3 Å². The number of amides is 2. The van der Waals surface area contributed by atoms with Crippen molar-refractivity contribution in [3.05, 3.63) is 18.0 Å². The second-order valence-corrected chi connectivity index (χ2v) is 3.50. The molecule has 0 aromatic carbocycles. The summed E-state index contributed by atoms with van der Waals surface area (Å²) in [6.07, 6.45) is 6.28. The van der Waals surface area contributed by atoms with Crippen molar-refractivity contribution in [2.75, 3.05) is 6.54 Å². The van der Waals surface area contributed by atoms with Crippen LogP contribution in [0, 0.1) is 0 Å². The number of urea groups is 1. The van der Waals surface area contributed by atoms with E-state index in [-0.39, 0.29) is 12.1 Å². The molecule has 1 atom stereocenters. The Kier molecular flexibility index (Phi) is 2.39. The van der Waals surface area contributed by atoms with Crippen molar-refractivity contribution in [1.29, 1.82) is 0 Å². The Labute approximate surface area is 81.8 Å². The summed E-state index contributed by atoms with van der Waals surface area (Å²) < 4.78 is 4.77. The highest BCUT2D eigenvalue weighted by molar-refractivity contribution is 5.72. The highest BCUT2D eigenvalue weighted by Gasteiger charge is 2.27. The summed E-state index contributed by atoms with van der Waals surface area (Å²) in [5.41, 5.74) is 6.23. The van der Waals surface area contributed by atoms with Gasteiger partial charge in [-0.15, -0.1) is 0 Å². The summed E-state index contributed by atoms with van der Waals surface area (Å²) in [6.45, 7) is 0.727. The third kappa shape index (κ3) is 1.57. The van der Waals surface area contributed by atoms with Crippen molar-refractivity contribution < 1.29 is 9.32 Å². The Morgan fingerprint density at radius 2 is 2.50 bits per heavy atom. The molecule has 1 saturated heterocycles. The monoisotopic (exact) mass is 195 g/mol. The quantitative estimate of drug-likeness (QED) is 0.733.